The van der Waals surface area contributed by atoms with E-state index in [-0.39, 0.29) is 29.3 Å². The smallest absolute Gasteiger partial charge is 0.237 e. The van der Waals surface area contributed by atoms with Gasteiger partial charge < -0.3 is 4.90 Å². The van der Waals surface area contributed by atoms with Crippen molar-refractivity contribution in [3.8, 4) is 0 Å². The van der Waals surface area contributed by atoms with Gasteiger partial charge in [0.25, 0.3) is 0 Å². The van der Waals surface area contributed by atoms with E-state index in [9.17, 15) is 13.2 Å². The van der Waals surface area contributed by atoms with Crippen molar-refractivity contribution in [2.45, 2.75) is 26.3 Å². The molecule has 1 aliphatic heterocycles. The number of rotatable bonds is 4. The van der Waals surface area contributed by atoms with Crippen LogP contribution in [0.2, 0.25) is 0 Å². The molecule has 1 aliphatic rings. The minimum atomic E-state index is -2.95. The molecule has 0 bridgehead atoms. The average molecular weight is 268 g/mol. The Morgan fingerprint density at radius 3 is 2.50 bits per heavy atom. The number of sulfone groups is 1. The summed E-state index contributed by atoms with van der Waals surface area (Å²) in [7, 11) is -2.95. The van der Waals surface area contributed by atoms with E-state index in [2.05, 4.69) is 0 Å². The maximum Gasteiger partial charge on any atom is 0.237 e. The summed E-state index contributed by atoms with van der Waals surface area (Å²) in [4.78, 5) is 13.3. The van der Waals surface area contributed by atoms with Crippen LogP contribution in [0, 0.1) is 5.92 Å². The van der Waals surface area contributed by atoms with Crippen LogP contribution in [0.1, 0.15) is 20.3 Å². The number of halogens is 1. The number of amides is 1. The molecule has 0 aromatic heterocycles. The van der Waals surface area contributed by atoms with Gasteiger partial charge in [0.2, 0.25) is 5.91 Å². The molecule has 0 radical (unpaired) electrons. The van der Waals surface area contributed by atoms with E-state index in [0.29, 0.717) is 18.9 Å². The van der Waals surface area contributed by atoms with E-state index in [1.807, 2.05) is 13.8 Å². The van der Waals surface area contributed by atoms with Crippen LogP contribution in [0.5, 0.6) is 0 Å². The minimum Gasteiger partial charge on any atom is -0.337 e. The maximum absolute atomic E-state index is 11.6. The SMILES string of the molecule is CC(C)CN(C(=O)CCl)[C@@H]1CCS(=O)(=O)C1. The largest absolute Gasteiger partial charge is 0.337 e. The lowest BCUT2D eigenvalue weighted by molar-refractivity contribution is -0.130. The zero-order chi connectivity index (χ0) is 12.3. The fourth-order valence-corrected chi connectivity index (χ4v) is 3.83. The molecule has 4 nitrogen and oxygen atoms in total. The van der Waals surface area contributed by atoms with Gasteiger partial charge in [0, 0.05) is 12.6 Å². The molecule has 0 spiro atoms. The van der Waals surface area contributed by atoms with Gasteiger partial charge in [-0.3, -0.25) is 4.79 Å². The first-order chi connectivity index (χ1) is 7.35. The van der Waals surface area contributed by atoms with Crippen molar-refractivity contribution in [3.63, 3.8) is 0 Å². The molecule has 1 rings (SSSR count). The quantitative estimate of drug-likeness (QED) is 0.711. The first kappa shape index (κ1) is 13.8. The van der Waals surface area contributed by atoms with Crippen LogP contribution in [0.25, 0.3) is 0 Å². The highest BCUT2D eigenvalue weighted by molar-refractivity contribution is 7.91. The summed E-state index contributed by atoms with van der Waals surface area (Å²) in [6, 6.07) is -0.182. The average Bonchev–Trinajstić information content (AvgIpc) is 2.53. The molecule has 16 heavy (non-hydrogen) atoms. The molecular weight excluding hydrogens is 250 g/mol. The Labute approximate surface area is 102 Å². The third-order valence-electron chi connectivity index (χ3n) is 2.65. The molecule has 1 atom stereocenters. The van der Waals surface area contributed by atoms with E-state index in [0.717, 1.165) is 0 Å². The molecule has 6 heteroatoms. The van der Waals surface area contributed by atoms with Crippen LogP contribution >= 0.6 is 11.6 Å². The van der Waals surface area contributed by atoms with Gasteiger partial charge in [0.15, 0.2) is 9.84 Å². The van der Waals surface area contributed by atoms with Gasteiger partial charge in [-0.2, -0.15) is 0 Å². The van der Waals surface area contributed by atoms with Gasteiger partial charge >= 0.3 is 0 Å². The highest BCUT2D eigenvalue weighted by atomic mass is 35.5. The lowest BCUT2D eigenvalue weighted by Gasteiger charge is -2.29. The Hall–Kier alpha value is -0.290. The molecule has 0 unspecified atom stereocenters. The second-order valence-electron chi connectivity index (χ2n) is 4.63. The molecule has 94 valence electrons. The van der Waals surface area contributed by atoms with Crippen LogP contribution in [0.4, 0.5) is 0 Å². The molecule has 1 heterocycles. The van der Waals surface area contributed by atoms with E-state index in [4.69, 9.17) is 11.6 Å². The van der Waals surface area contributed by atoms with Crippen LogP contribution in [-0.4, -0.2) is 49.2 Å². The Kier molecular flexibility index (Phi) is 4.62. The van der Waals surface area contributed by atoms with Crippen molar-refractivity contribution in [3.05, 3.63) is 0 Å². The van der Waals surface area contributed by atoms with Gasteiger partial charge in [-0.15, -0.1) is 11.6 Å². The standard InChI is InChI=1S/C10H18ClNO3S/c1-8(2)6-12(10(13)5-11)9-3-4-16(14,15)7-9/h8-9H,3-7H2,1-2H3/t9-/m1/s1. The number of hydrogen-bond donors (Lipinski definition) is 0. The summed E-state index contributed by atoms with van der Waals surface area (Å²) in [5.74, 6) is 0.334. The van der Waals surface area contributed by atoms with Crippen molar-refractivity contribution in [1.29, 1.82) is 0 Å². The zero-order valence-corrected chi connectivity index (χ0v) is 11.2. The molecule has 0 aromatic rings. The topological polar surface area (TPSA) is 54.5 Å². The fourth-order valence-electron chi connectivity index (χ4n) is 1.95. The Bertz CT molecular complexity index is 353. The van der Waals surface area contributed by atoms with Gasteiger partial charge in [-0.25, -0.2) is 8.42 Å². The first-order valence-electron chi connectivity index (χ1n) is 5.41. The predicted molar refractivity (Wildman–Crippen MR) is 64.3 cm³/mol. The molecule has 0 N–H and O–H groups in total. The normalized spacial score (nSPS) is 23.6. The zero-order valence-electron chi connectivity index (χ0n) is 9.65. The van der Waals surface area contributed by atoms with Crippen LogP contribution in [0.3, 0.4) is 0 Å². The van der Waals surface area contributed by atoms with Crippen molar-refractivity contribution in [2.24, 2.45) is 5.92 Å². The van der Waals surface area contributed by atoms with E-state index < -0.39 is 9.84 Å². The predicted octanol–water partition coefficient (Wildman–Crippen LogP) is 0.897. The fraction of sp³-hybridized carbons (Fsp3) is 0.900. The second-order valence-corrected chi connectivity index (χ2v) is 7.13. The number of hydrogen-bond acceptors (Lipinski definition) is 3. The highest BCUT2D eigenvalue weighted by Crippen LogP contribution is 2.19. The van der Waals surface area contributed by atoms with Crippen LogP contribution in [0.15, 0.2) is 0 Å². The summed E-state index contributed by atoms with van der Waals surface area (Å²) < 4.78 is 22.7. The monoisotopic (exact) mass is 267 g/mol. The second kappa shape index (κ2) is 5.36. The minimum absolute atomic E-state index is 0.0801. The number of alkyl halides is 1. The maximum atomic E-state index is 11.6. The summed E-state index contributed by atoms with van der Waals surface area (Å²) in [6.07, 6.45) is 0.539. The van der Waals surface area contributed by atoms with Crippen LogP contribution < -0.4 is 0 Å². The van der Waals surface area contributed by atoms with Gasteiger partial charge in [-0.1, -0.05) is 13.8 Å². The molecule has 1 amide bonds. The van der Waals surface area contributed by atoms with Crippen molar-refractivity contribution < 1.29 is 13.2 Å². The summed E-state index contributed by atoms with van der Waals surface area (Å²) in [5, 5.41) is 0. The molecule has 1 fully saturated rings. The number of nitrogens with zero attached hydrogens (tertiary/aromatic N) is 1. The van der Waals surface area contributed by atoms with E-state index in [1.54, 1.807) is 4.90 Å². The molecule has 0 aromatic carbocycles. The summed E-state index contributed by atoms with van der Waals surface area (Å²) in [5.41, 5.74) is 0. The Morgan fingerprint density at radius 1 is 1.50 bits per heavy atom. The Balaban J connectivity index is 2.74. The first-order valence-corrected chi connectivity index (χ1v) is 7.77. The van der Waals surface area contributed by atoms with Crippen molar-refractivity contribution in [2.75, 3.05) is 23.9 Å². The van der Waals surface area contributed by atoms with Crippen molar-refractivity contribution in [1.82, 2.24) is 4.90 Å². The molecule has 0 aliphatic carbocycles. The number of carbonyl (C=O) groups is 1. The summed E-state index contributed by atoms with van der Waals surface area (Å²) in [6.45, 7) is 4.57. The number of carbonyl (C=O) groups excluding carboxylic acids is 1. The lowest BCUT2D eigenvalue weighted by atomic mass is 10.1. The molecular formula is C10H18ClNO3S. The third-order valence-corrected chi connectivity index (χ3v) is 4.62. The van der Waals surface area contributed by atoms with Gasteiger partial charge in [-0.05, 0) is 12.3 Å². The van der Waals surface area contributed by atoms with Crippen LogP contribution in [-0.2, 0) is 14.6 Å². The van der Waals surface area contributed by atoms with E-state index in [1.165, 1.54) is 0 Å². The van der Waals surface area contributed by atoms with Crippen molar-refractivity contribution >= 4 is 27.3 Å². The lowest BCUT2D eigenvalue weighted by Crippen LogP contribution is -2.43. The Morgan fingerprint density at radius 2 is 2.12 bits per heavy atom. The molecule has 1 saturated heterocycles. The van der Waals surface area contributed by atoms with Gasteiger partial charge in [0.05, 0.1) is 11.5 Å². The summed E-state index contributed by atoms with van der Waals surface area (Å²) >= 11 is 5.54. The molecule has 0 saturated carbocycles. The van der Waals surface area contributed by atoms with E-state index >= 15 is 0 Å². The highest BCUT2D eigenvalue weighted by Gasteiger charge is 2.34. The third kappa shape index (κ3) is 3.63. The van der Waals surface area contributed by atoms with Gasteiger partial charge in [0.1, 0.15) is 5.88 Å².